The average molecular weight is 532 g/mol. The van der Waals surface area contributed by atoms with Crippen molar-refractivity contribution in [2.45, 2.75) is 56.5 Å². The van der Waals surface area contributed by atoms with Crippen LogP contribution in [0.2, 0.25) is 0 Å². The van der Waals surface area contributed by atoms with Gasteiger partial charge in [-0.3, -0.25) is 9.69 Å². The number of aliphatic imine (C=N–C) groups is 2. The molecule has 0 N–H and O–H groups in total. The Balaban J connectivity index is 1.52. The smallest absolute Gasteiger partial charge is 0.416 e. The van der Waals surface area contributed by atoms with E-state index in [1.54, 1.807) is 18.2 Å². The van der Waals surface area contributed by atoms with E-state index < -0.39 is 17.8 Å². The number of ether oxygens (including phenoxy) is 2. The highest BCUT2D eigenvalue weighted by Gasteiger charge is 2.43. The van der Waals surface area contributed by atoms with E-state index in [-0.39, 0.29) is 17.2 Å². The van der Waals surface area contributed by atoms with Gasteiger partial charge >= 0.3 is 6.18 Å². The van der Waals surface area contributed by atoms with E-state index in [2.05, 4.69) is 4.99 Å². The summed E-state index contributed by atoms with van der Waals surface area (Å²) in [7, 11) is 3.05. The monoisotopic (exact) mass is 531 g/mol. The summed E-state index contributed by atoms with van der Waals surface area (Å²) in [5.74, 6) is 1.62. The van der Waals surface area contributed by atoms with E-state index in [4.69, 9.17) is 14.5 Å². The third-order valence-electron chi connectivity index (χ3n) is 7.17. The van der Waals surface area contributed by atoms with Gasteiger partial charge in [0.15, 0.2) is 16.7 Å². The molecule has 0 spiro atoms. The first-order chi connectivity index (χ1) is 17.8. The minimum Gasteiger partial charge on any atom is -0.493 e. The molecule has 196 valence electrons. The molecule has 0 radical (unpaired) electrons. The third-order valence-corrected chi connectivity index (χ3v) is 8.17. The normalized spacial score (nSPS) is 19.8. The summed E-state index contributed by atoms with van der Waals surface area (Å²) in [6, 6.07) is 8.47. The SMILES string of the molecule is COc1cc2c(cc1OC)C1=NC(=O)[C@H](CC3CCCCC3)N1C(SCc1ccccc1C(F)(F)F)=N2. The Morgan fingerprint density at radius 1 is 1.03 bits per heavy atom. The Hall–Kier alpha value is -3.01. The number of methoxy groups -OCH3 is 2. The van der Waals surface area contributed by atoms with Crippen molar-refractivity contribution in [3.8, 4) is 11.5 Å². The average Bonchev–Trinajstić information content (AvgIpc) is 3.22. The highest BCUT2D eigenvalue weighted by molar-refractivity contribution is 8.13. The molecule has 5 rings (SSSR count). The van der Waals surface area contributed by atoms with Crippen LogP contribution in [0, 0.1) is 5.92 Å². The van der Waals surface area contributed by atoms with Gasteiger partial charge in [0.1, 0.15) is 11.9 Å². The lowest BCUT2D eigenvalue weighted by Gasteiger charge is -2.34. The number of amidine groups is 2. The van der Waals surface area contributed by atoms with Gasteiger partial charge in [-0.2, -0.15) is 18.2 Å². The molecule has 0 bridgehead atoms. The molecule has 1 fully saturated rings. The minimum atomic E-state index is -4.46. The van der Waals surface area contributed by atoms with Crippen LogP contribution in [0.25, 0.3) is 0 Å². The minimum absolute atomic E-state index is 0.0469. The van der Waals surface area contributed by atoms with Crippen molar-refractivity contribution in [1.29, 1.82) is 0 Å². The van der Waals surface area contributed by atoms with Crippen LogP contribution in [0.4, 0.5) is 18.9 Å². The lowest BCUT2D eigenvalue weighted by molar-refractivity contribution is -0.138. The third kappa shape index (κ3) is 5.08. The lowest BCUT2D eigenvalue weighted by atomic mass is 9.84. The van der Waals surface area contributed by atoms with Crippen molar-refractivity contribution in [1.82, 2.24) is 4.90 Å². The van der Waals surface area contributed by atoms with E-state index >= 15 is 0 Å². The second kappa shape index (κ2) is 10.4. The Morgan fingerprint density at radius 2 is 1.73 bits per heavy atom. The molecule has 3 aliphatic rings. The Kier molecular flexibility index (Phi) is 7.20. The number of amides is 1. The molecule has 1 atom stereocenters. The molecule has 2 aliphatic heterocycles. The number of thioether (sulfide) groups is 1. The van der Waals surface area contributed by atoms with Crippen LogP contribution in [-0.2, 0) is 16.7 Å². The number of alkyl halides is 3. The van der Waals surface area contributed by atoms with E-state index in [1.165, 1.54) is 44.5 Å². The summed E-state index contributed by atoms with van der Waals surface area (Å²) in [5, 5.41) is 0.460. The van der Waals surface area contributed by atoms with Crippen LogP contribution in [-0.4, -0.2) is 42.1 Å². The Bertz CT molecular complexity index is 1260. The highest BCUT2D eigenvalue weighted by Crippen LogP contribution is 2.43. The van der Waals surface area contributed by atoms with Gasteiger partial charge in [-0.25, -0.2) is 4.99 Å². The fourth-order valence-electron chi connectivity index (χ4n) is 5.31. The first kappa shape index (κ1) is 25.6. The zero-order valence-corrected chi connectivity index (χ0v) is 21.5. The molecule has 2 aromatic carbocycles. The maximum Gasteiger partial charge on any atom is 0.416 e. The van der Waals surface area contributed by atoms with E-state index in [0.29, 0.717) is 46.1 Å². The van der Waals surface area contributed by atoms with Crippen molar-refractivity contribution in [3.05, 3.63) is 53.1 Å². The number of hydrogen-bond donors (Lipinski definition) is 0. The molecule has 0 saturated heterocycles. The molecule has 0 aromatic heterocycles. The summed E-state index contributed by atoms with van der Waals surface area (Å²) >= 11 is 1.18. The predicted octanol–water partition coefficient (Wildman–Crippen LogP) is 6.58. The summed E-state index contributed by atoms with van der Waals surface area (Å²) < 4.78 is 51.7. The molecule has 1 aliphatic carbocycles. The van der Waals surface area contributed by atoms with Gasteiger partial charge in [0.05, 0.1) is 25.5 Å². The molecule has 1 saturated carbocycles. The lowest BCUT2D eigenvalue weighted by Crippen LogP contribution is -2.44. The van der Waals surface area contributed by atoms with Crippen LogP contribution < -0.4 is 9.47 Å². The fraction of sp³-hybridized carbons (Fsp3) is 0.444. The van der Waals surface area contributed by atoms with Gasteiger partial charge in [-0.1, -0.05) is 62.1 Å². The summed E-state index contributed by atoms with van der Waals surface area (Å²) in [6.07, 6.45) is 1.80. The van der Waals surface area contributed by atoms with Gasteiger partial charge in [0, 0.05) is 17.4 Å². The number of hydrogen-bond acceptors (Lipinski definition) is 6. The summed E-state index contributed by atoms with van der Waals surface area (Å²) in [5.41, 5.74) is 0.659. The van der Waals surface area contributed by atoms with Crippen molar-refractivity contribution in [2.24, 2.45) is 15.9 Å². The second-order valence-electron chi connectivity index (χ2n) is 9.46. The Morgan fingerprint density at radius 3 is 2.43 bits per heavy atom. The number of halogens is 3. The number of benzene rings is 2. The van der Waals surface area contributed by atoms with Crippen molar-refractivity contribution < 1.29 is 27.4 Å². The summed E-state index contributed by atoms with van der Waals surface area (Å²) in [6.45, 7) is 0. The maximum absolute atomic E-state index is 13.6. The van der Waals surface area contributed by atoms with E-state index in [1.807, 2.05) is 4.90 Å². The molecule has 6 nitrogen and oxygen atoms in total. The van der Waals surface area contributed by atoms with Crippen LogP contribution in [0.3, 0.4) is 0 Å². The van der Waals surface area contributed by atoms with Gasteiger partial charge in [-0.15, -0.1) is 0 Å². The maximum atomic E-state index is 13.6. The first-order valence-corrected chi connectivity index (χ1v) is 13.3. The van der Waals surface area contributed by atoms with E-state index in [0.717, 1.165) is 31.7 Å². The molecule has 2 aromatic rings. The zero-order valence-electron chi connectivity index (χ0n) is 20.7. The van der Waals surface area contributed by atoms with Gasteiger partial charge in [0.25, 0.3) is 5.91 Å². The molecule has 0 unspecified atom stereocenters. The summed E-state index contributed by atoms with van der Waals surface area (Å²) in [4.78, 5) is 24.3. The zero-order chi connectivity index (χ0) is 26.2. The molecular weight excluding hydrogens is 503 g/mol. The van der Waals surface area contributed by atoms with Gasteiger partial charge < -0.3 is 9.47 Å². The van der Waals surface area contributed by atoms with E-state index in [9.17, 15) is 18.0 Å². The van der Waals surface area contributed by atoms with Crippen molar-refractivity contribution in [3.63, 3.8) is 0 Å². The first-order valence-electron chi connectivity index (χ1n) is 12.3. The fourth-order valence-corrected chi connectivity index (χ4v) is 6.37. The topological polar surface area (TPSA) is 63.5 Å². The van der Waals surface area contributed by atoms with Crippen LogP contribution >= 0.6 is 11.8 Å². The largest absolute Gasteiger partial charge is 0.493 e. The van der Waals surface area contributed by atoms with Crippen LogP contribution in [0.15, 0.2) is 46.4 Å². The van der Waals surface area contributed by atoms with Crippen LogP contribution in [0.1, 0.15) is 55.2 Å². The number of fused-ring (bicyclic) bond motifs is 3. The number of rotatable bonds is 6. The molecular formula is C27H28F3N3O3S. The molecule has 2 heterocycles. The highest BCUT2D eigenvalue weighted by atomic mass is 32.2. The Labute approximate surface area is 218 Å². The van der Waals surface area contributed by atoms with Crippen molar-refractivity contribution in [2.75, 3.05) is 14.2 Å². The predicted molar refractivity (Wildman–Crippen MR) is 138 cm³/mol. The number of carbonyl (C=O) groups is 1. The number of carbonyl (C=O) groups excluding carboxylic acids is 1. The van der Waals surface area contributed by atoms with Crippen molar-refractivity contribution >= 4 is 34.4 Å². The molecule has 1 amide bonds. The molecule has 37 heavy (non-hydrogen) atoms. The molecule has 10 heteroatoms. The van der Waals surface area contributed by atoms with Crippen LogP contribution in [0.5, 0.6) is 11.5 Å². The van der Waals surface area contributed by atoms with Gasteiger partial charge in [0.2, 0.25) is 0 Å². The quantitative estimate of drug-likeness (QED) is 0.421. The number of nitrogens with zero attached hydrogens (tertiary/aromatic N) is 3. The second-order valence-corrected chi connectivity index (χ2v) is 10.4. The standard InChI is InChI=1S/C27H28F3N3O3S/c1-35-22-13-18-20(14-23(22)36-2)31-26(37-15-17-10-6-7-11-19(17)27(28,29)30)33-21(25(34)32-24(18)33)12-16-8-4-3-5-9-16/h6-7,10-11,13-14,16,21H,3-5,8-9,12,15H2,1-2H3/t21-/m0/s1. The van der Waals surface area contributed by atoms with Gasteiger partial charge in [-0.05, 0) is 30.0 Å².